The number of hydrogen-bond donors (Lipinski definition) is 0. The molecule has 186 valence electrons. The lowest BCUT2D eigenvalue weighted by molar-refractivity contribution is -0.143. The van der Waals surface area contributed by atoms with E-state index in [0.29, 0.717) is 28.8 Å². The van der Waals surface area contributed by atoms with E-state index >= 15 is 0 Å². The van der Waals surface area contributed by atoms with Crippen LogP contribution in [0.2, 0.25) is 0 Å². The van der Waals surface area contributed by atoms with Crippen LogP contribution >= 0.6 is 0 Å². The number of halogens is 7. The summed E-state index contributed by atoms with van der Waals surface area (Å²) in [6, 6.07) is 6.74. The molecule has 1 aromatic heterocycles. The molecule has 0 aliphatic carbocycles. The summed E-state index contributed by atoms with van der Waals surface area (Å²) in [7, 11) is 1.35. The maximum atomic E-state index is 13.6. The third-order valence-corrected chi connectivity index (χ3v) is 5.79. The molecule has 0 aliphatic heterocycles. The average Bonchev–Trinajstić information content (AvgIpc) is 2.76. The second-order valence-electron chi connectivity index (χ2n) is 8.64. The summed E-state index contributed by atoms with van der Waals surface area (Å²) < 4.78 is 93.7. The molecule has 0 saturated heterocycles. The Kier molecular flexibility index (Phi) is 6.71. The first-order chi connectivity index (χ1) is 16.0. The van der Waals surface area contributed by atoms with E-state index in [4.69, 9.17) is 0 Å². The zero-order chi connectivity index (χ0) is 26.3. The van der Waals surface area contributed by atoms with Crippen LogP contribution in [0.4, 0.5) is 36.4 Å². The van der Waals surface area contributed by atoms with Gasteiger partial charge in [-0.05, 0) is 73.9 Å². The van der Waals surface area contributed by atoms with Crippen molar-refractivity contribution in [1.29, 1.82) is 0 Å². The summed E-state index contributed by atoms with van der Waals surface area (Å²) in [5, 5.41) is 0. The SMILES string of the molecule is Cc1cc(F)ccc1-c1ccncc1N(C)C(=O)C(C)(C)c1cc(C(F)(F)F)cc(C(F)(F)F)c1. The molecule has 35 heavy (non-hydrogen) atoms. The number of pyridine rings is 1. The Hall–Kier alpha value is -3.43. The lowest BCUT2D eigenvalue weighted by atomic mass is 9.81. The van der Waals surface area contributed by atoms with Gasteiger partial charge in [0.05, 0.1) is 28.4 Å². The highest BCUT2D eigenvalue weighted by atomic mass is 19.4. The fourth-order valence-electron chi connectivity index (χ4n) is 3.78. The molecule has 0 fully saturated rings. The number of carbonyl (C=O) groups excluding carboxylic acids is 1. The summed E-state index contributed by atoms with van der Waals surface area (Å²) >= 11 is 0. The minimum Gasteiger partial charge on any atom is -0.313 e. The molecule has 0 saturated carbocycles. The third kappa shape index (κ3) is 5.31. The van der Waals surface area contributed by atoms with E-state index < -0.39 is 46.2 Å². The summed E-state index contributed by atoms with van der Waals surface area (Å²) in [4.78, 5) is 18.6. The minimum atomic E-state index is -5.04. The van der Waals surface area contributed by atoms with Crippen molar-refractivity contribution < 1.29 is 35.5 Å². The number of hydrogen-bond acceptors (Lipinski definition) is 2. The van der Waals surface area contributed by atoms with E-state index in [9.17, 15) is 35.5 Å². The number of alkyl halides is 6. The van der Waals surface area contributed by atoms with Crippen LogP contribution in [0.25, 0.3) is 11.1 Å². The molecule has 2 aromatic carbocycles. The zero-order valence-electron chi connectivity index (χ0n) is 19.1. The lowest BCUT2D eigenvalue weighted by Crippen LogP contribution is -2.42. The van der Waals surface area contributed by atoms with Gasteiger partial charge in [0.25, 0.3) is 0 Å². The first-order valence-electron chi connectivity index (χ1n) is 10.3. The Morgan fingerprint density at radius 3 is 1.89 bits per heavy atom. The summed E-state index contributed by atoms with van der Waals surface area (Å²) in [6.45, 7) is 4.16. The molecule has 1 amide bonds. The second-order valence-corrected chi connectivity index (χ2v) is 8.64. The molecule has 3 rings (SSSR count). The van der Waals surface area contributed by atoms with Crippen LogP contribution in [0.15, 0.2) is 54.9 Å². The van der Waals surface area contributed by atoms with Crippen molar-refractivity contribution in [3.05, 3.63) is 82.9 Å². The molecule has 0 atom stereocenters. The van der Waals surface area contributed by atoms with Gasteiger partial charge in [-0.2, -0.15) is 26.3 Å². The smallest absolute Gasteiger partial charge is 0.313 e. The van der Waals surface area contributed by atoms with Gasteiger partial charge in [0.15, 0.2) is 0 Å². The molecule has 0 radical (unpaired) electrons. The monoisotopic (exact) mass is 498 g/mol. The average molecular weight is 498 g/mol. The zero-order valence-corrected chi connectivity index (χ0v) is 19.1. The Labute approximate surface area is 197 Å². The van der Waals surface area contributed by atoms with E-state index in [1.807, 2.05) is 0 Å². The summed E-state index contributed by atoms with van der Waals surface area (Å²) in [5.74, 6) is -1.23. The Balaban J connectivity index is 2.11. The third-order valence-electron chi connectivity index (χ3n) is 5.79. The first-order valence-corrected chi connectivity index (χ1v) is 10.3. The van der Waals surface area contributed by atoms with Crippen LogP contribution in [-0.4, -0.2) is 17.9 Å². The van der Waals surface area contributed by atoms with Crippen molar-refractivity contribution in [1.82, 2.24) is 4.98 Å². The van der Waals surface area contributed by atoms with Gasteiger partial charge in [-0.3, -0.25) is 9.78 Å². The molecular formula is C25H21F7N2O. The highest BCUT2D eigenvalue weighted by Gasteiger charge is 2.41. The highest BCUT2D eigenvalue weighted by molar-refractivity contribution is 6.03. The summed E-state index contributed by atoms with van der Waals surface area (Å²) in [6.07, 6.45) is -7.29. The van der Waals surface area contributed by atoms with Crippen molar-refractivity contribution in [3.63, 3.8) is 0 Å². The molecule has 1 heterocycles. The Morgan fingerprint density at radius 2 is 1.37 bits per heavy atom. The molecular weight excluding hydrogens is 477 g/mol. The van der Waals surface area contributed by atoms with Gasteiger partial charge in [0.2, 0.25) is 5.91 Å². The molecule has 10 heteroatoms. The molecule has 0 spiro atoms. The maximum Gasteiger partial charge on any atom is 0.416 e. The van der Waals surface area contributed by atoms with Gasteiger partial charge in [-0.25, -0.2) is 4.39 Å². The second kappa shape index (κ2) is 8.98. The van der Waals surface area contributed by atoms with Crippen molar-refractivity contribution in [2.75, 3.05) is 11.9 Å². The fourth-order valence-corrected chi connectivity index (χ4v) is 3.78. The number of nitrogens with zero attached hydrogens (tertiary/aromatic N) is 2. The van der Waals surface area contributed by atoms with Gasteiger partial charge >= 0.3 is 12.4 Å². The van der Waals surface area contributed by atoms with E-state index in [-0.39, 0.29) is 11.8 Å². The van der Waals surface area contributed by atoms with E-state index in [2.05, 4.69) is 4.98 Å². The first kappa shape index (κ1) is 26.2. The largest absolute Gasteiger partial charge is 0.416 e. The molecule has 3 nitrogen and oxygen atoms in total. The van der Waals surface area contributed by atoms with Crippen molar-refractivity contribution in [2.45, 2.75) is 38.5 Å². The number of anilines is 1. The predicted molar refractivity (Wildman–Crippen MR) is 117 cm³/mol. The Bertz CT molecular complexity index is 1230. The molecule has 3 aromatic rings. The number of carbonyl (C=O) groups is 1. The number of aromatic nitrogens is 1. The van der Waals surface area contributed by atoms with Gasteiger partial charge in [0.1, 0.15) is 5.82 Å². The van der Waals surface area contributed by atoms with Crippen LogP contribution in [0, 0.1) is 12.7 Å². The van der Waals surface area contributed by atoms with Crippen LogP contribution < -0.4 is 4.90 Å². The number of likely N-dealkylation sites (N-methyl/N-ethyl adjacent to an activating group) is 1. The fraction of sp³-hybridized carbons (Fsp3) is 0.280. The van der Waals surface area contributed by atoms with Gasteiger partial charge in [-0.1, -0.05) is 6.07 Å². The van der Waals surface area contributed by atoms with Gasteiger partial charge < -0.3 is 4.90 Å². The van der Waals surface area contributed by atoms with Crippen LogP contribution in [0.5, 0.6) is 0 Å². The molecule has 0 aliphatic rings. The van der Waals surface area contributed by atoms with Crippen LogP contribution in [0.3, 0.4) is 0 Å². The highest BCUT2D eigenvalue weighted by Crippen LogP contribution is 2.40. The van der Waals surface area contributed by atoms with Gasteiger partial charge in [0, 0.05) is 18.8 Å². The maximum absolute atomic E-state index is 13.6. The van der Waals surface area contributed by atoms with Crippen molar-refractivity contribution in [2.24, 2.45) is 0 Å². The van der Waals surface area contributed by atoms with Crippen LogP contribution in [-0.2, 0) is 22.6 Å². The standard InChI is InChI=1S/C25H21F7N2O/c1-14-9-18(26)5-6-19(14)20-7-8-33-13-21(20)34(4)22(35)23(2,3)15-10-16(24(27,28)29)12-17(11-15)25(30,31)32/h5-13H,1-4H3. The van der Waals surface area contributed by atoms with E-state index in [1.165, 1.54) is 51.5 Å². The molecule has 0 unspecified atom stereocenters. The quantitative estimate of drug-likeness (QED) is 0.357. The predicted octanol–water partition coefficient (Wildman–Crippen LogP) is 7.17. The van der Waals surface area contributed by atoms with Gasteiger partial charge in [-0.15, -0.1) is 0 Å². The molecule has 0 bridgehead atoms. The normalized spacial score (nSPS) is 12.5. The topological polar surface area (TPSA) is 33.2 Å². The lowest BCUT2D eigenvalue weighted by Gasteiger charge is -2.32. The number of rotatable bonds is 4. The Morgan fingerprint density at radius 1 is 0.829 bits per heavy atom. The number of aryl methyl sites for hydroxylation is 1. The number of benzene rings is 2. The minimum absolute atomic E-state index is 0.0182. The van der Waals surface area contributed by atoms with Crippen molar-refractivity contribution >= 4 is 11.6 Å². The number of amides is 1. The van der Waals surface area contributed by atoms with E-state index in [1.54, 1.807) is 13.0 Å². The molecule has 0 N–H and O–H groups in total. The van der Waals surface area contributed by atoms with E-state index in [0.717, 1.165) is 4.90 Å². The van der Waals surface area contributed by atoms with Crippen LogP contribution in [0.1, 0.15) is 36.1 Å². The summed E-state index contributed by atoms with van der Waals surface area (Å²) in [5.41, 5.74) is -3.34. The van der Waals surface area contributed by atoms with Crippen molar-refractivity contribution in [3.8, 4) is 11.1 Å².